The fourth-order valence-electron chi connectivity index (χ4n) is 0.816. The molecule has 0 saturated carbocycles. The minimum atomic E-state index is 0.775. The van der Waals surface area contributed by atoms with Crippen LogP contribution in [-0.2, 0) is 0 Å². The zero-order chi connectivity index (χ0) is 7.02. The molecule has 1 heteroatoms. The van der Waals surface area contributed by atoms with Crippen LogP contribution in [0.4, 0.5) is 0 Å². The van der Waals surface area contributed by atoms with E-state index in [0.717, 1.165) is 23.4 Å². The summed E-state index contributed by atoms with van der Waals surface area (Å²) in [6, 6.07) is 0. The van der Waals surface area contributed by atoms with Crippen LogP contribution in [0.1, 0.15) is 0 Å². The Morgan fingerprint density at radius 3 is 1.89 bits per heavy atom. The number of nitrogens with zero attached hydrogens (tertiary/aromatic N) is 1. The molecule has 0 aromatic carbocycles. The van der Waals surface area contributed by atoms with Crippen LogP contribution in [-0.4, -0.2) is 17.8 Å². The SMILES string of the molecule is C=C1C[N+](=C)C(=C)C1=C. The summed E-state index contributed by atoms with van der Waals surface area (Å²) in [6.07, 6.45) is 0. The number of allylic oxidation sites excluding steroid dienone is 1. The van der Waals surface area contributed by atoms with Crippen LogP contribution in [0.3, 0.4) is 0 Å². The third-order valence-electron chi connectivity index (χ3n) is 1.54. The van der Waals surface area contributed by atoms with E-state index in [2.05, 4.69) is 26.5 Å². The summed E-state index contributed by atoms with van der Waals surface area (Å²) in [5.41, 5.74) is 2.85. The minimum absolute atomic E-state index is 0.775. The summed E-state index contributed by atoms with van der Waals surface area (Å²) in [5, 5.41) is 0. The monoisotopic (exact) mass is 120 g/mol. The van der Waals surface area contributed by atoms with Crippen LogP contribution >= 0.6 is 0 Å². The van der Waals surface area contributed by atoms with Crippen molar-refractivity contribution in [3.63, 3.8) is 0 Å². The van der Waals surface area contributed by atoms with Crippen molar-refractivity contribution in [2.45, 2.75) is 0 Å². The van der Waals surface area contributed by atoms with Crippen molar-refractivity contribution in [3.8, 4) is 0 Å². The fraction of sp³-hybridized carbons (Fsp3) is 0.125. The second-order valence-corrected chi connectivity index (χ2v) is 2.23. The Labute approximate surface area is 55.3 Å². The summed E-state index contributed by atoms with van der Waals surface area (Å²) in [7, 11) is 0. The maximum absolute atomic E-state index is 3.79. The molecule has 0 N–H and O–H groups in total. The van der Waals surface area contributed by atoms with Gasteiger partial charge in [0.25, 0.3) is 0 Å². The van der Waals surface area contributed by atoms with E-state index in [4.69, 9.17) is 0 Å². The van der Waals surface area contributed by atoms with Gasteiger partial charge in [0, 0.05) is 11.1 Å². The minimum Gasteiger partial charge on any atom is -0.201 e. The molecule has 1 saturated heterocycles. The molecule has 1 aliphatic rings. The molecule has 0 radical (unpaired) electrons. The Morgan fingerprint density at radius 2 is 1.78 bits per heavy atom. The van der Waals surface area contributed by atoms with Crippen molar-refractivity contribution in [1.82, 2.24) is 0 Å². The Bertz CT molecular complexity index is 197. The molecule has 0 aromatic rings. The molecule has 0 bridgehead atoms. The van der Waals surface area contributed by atoms with Crippen molar-refractivity contribution < 1.29 is 4.58 Å². The highest BCUT2D eigenvalue weighted by molar-refractivity contribution is 5.44. The van der Waals surface area contributed by atoms with E-state index in [1.807, 2.05) is 0 Å². The highest BCUT2D eigenvalue weighted by Gasteiger charge is 2.24. The summed E-state index contributed by atoms with van der Waals surface area (Å²) < 4.78 is 1.80. The topological polar surface area (TPSA) is 3.01 Å². The third kappa shape index (κ3) is 0.743. The van der Waals surface area contributed by atoms with Gasteiger partial charge in [0.2, 0.25) is 5.70 Å². The Morgan fingerprint density at radius 1 is 1.22 bits per heavy atom. The molecule has 1 fully saturated rings. The van der Waals surface area contributed by atoms with Gasteiger partial charge in [-0.2, -0.15) is 0 Å². The van der Waals surface area contributed by atoms with E-state index in [1.165, 1.54) is 0 Å². The van der Waals surface area contributed by atoms with Gasteiger partial charge in [-0.25, -0.2) is 4.58 Å². The van der Waals surface area contributed by atoms with Gasteiger partial charge in [0.1, 0.15) is 6.72 Å². The van der Waals surface area contributed by atoms with Crippen LogP contribution in [0.25, 0.3) is 0 Å². The number of hydrogen-bond donors (Lipinski definition) is 0. The van der Waals surface area contributed by atoms with E-state index >= 15 is 0 Å². The first-order valence-electron chi connectivity index (χ1n) is 2.77. The zero-order valence-electron chi connectivity index (χ0n) is 5.48. The van der Waals surface area contributed by atoms with Gasteiger partial charge in [-0.1, -0.05) is 13.2 Å². The molecule has 1 nitrogen and oxygen atoms in total. The van der Waals surface area contributed by atoms with Gasteiger partial charge in [-0.15, -0.1) is 0 Å². The third-order valence-corrected chi connectivity index (χ3v) is 1.54. The summed E-state index contributed by atoms with van der Waals surface area (Å²) >= 11 is 0. The molecule has 1 aliphatic heterocycles. The first-order chi connectivity index (χ1) is 4.13. The number of hydrogen-bond acceptors (Lipinski definition) is 0. The van der Waals surface area contributed by atoms with Crippen molar-refractivity contribution in [2.24, 2.45) is 0 Å². The summed E-state index contributed by atoms with van der Waals surface area (Å²) in [6.45, 7) is 15.9. The standard InChI is InChI=1S/C8H10N/c1-6-5-9(4)8(3)7(6)2/h1-5H2/q+1. The molecular weight excluding hydrogens is 110 g/mol. The lowest BCUT2D eigenvalue weighted by molar-refractivity contribution is -0.442. The maximum atomic E-state index is 3.79. The maximum Gasteiger partial charge on any atom is 0.204 e. The molecule has 0 aliphatic carbocycles. The average Bonchev–Trinajstić information content (AvgIpc) is 1.98. The Hall–Kier alpha value is -1.11. The van der Waals surface area contributed by atoms with Crippen LogP contribution in [0, 0.1) is 0 Å². The van der Waals surface area contributed by atoms with Crippen molar-refractivity contribution in [2.75, 3.05) is 6.54 Å². The molecule has 1 rings (SSSR count). The summed E-state index contributed by atoms with van der Waals surface area (Å²) in [5.74, 6) is 0. The zero-order valence-corrected chi connectivity index (χ0v) is 5.48. The largest absolute Gasteiger partial charge is 0.204 e. The van der Waals surface area contributed by atoms with E-state index < -0.39 is 0 Å². The summed E-state index contributed by atoms with van der Waals surface area (Å²) in [4.78, 5) is 0. The first kappa shape index (κ1) is 6.02. The average molecular weight is 120 g/mol. The predicted octanol–water partition coefficient (Wildman–Crippen LogP) is 1.34. The molecule has 0 unspecified atom stereocenters. The van der Waals surface area contributed by atoms with Crippen molar-refractivity contribution >= 4 is 6.72 Å². The molecule has 0 atom stereocenters. The molecular formula is C8H10N+. The second-order valence-electron chi connectivity index (χ2n) is 2.23. The lowest BCUT2D eigenvalue weighted by Gasteiger charge is -1.84. The molecule has 0 amide bonds. The van der Waals surface area contributed by atoms with Crippen LogP contribution in [0.15, 0.2) is 36.6 Å². The molecule has 9 heavy (non-hydrogen) atoms. The van der Waals surface area contributed by atoms with Crippen LogP contribution in [0.5, 0.6) is 0 Å². The Balaban J connectivity index is 3.04. The lowest BCUT2D eigenvalue weighted by atomic mass is 10.2. The smallest absolute Gasteiger partial charge is 0.201 e. The molecule has 1 heterocycles. The number of rotatable bonds is 0. The first-order valence-corrected chi connectivity index (χ1v) is 2.77. The van der Waals surface area contributed by atoms with E-state index in [-0.39, 0.29) is 0 Å². The fourth-order valence-corrected chi connectivity index (χ4v) is 0.816. The molecule has 0 aromatic heterocycles. The second kappa shape index (κ2) is 1.69. The highest BCUT2D eigenvalue weighted by atomic mass is 15.0. The van der Waals surface area contributed by atoms with Crippen molar-refractivity contribution in [3.05, 3.63) is 36.6 Å². The van der Waals surface area contributed by atoms with E-state index in [1.54, 1.807) is 4.58 Å². The van der Waals surface area contributed by atoms with Gasteiger partial charge in [0.15, 0.2) is 6.54 Å². The Kier molecular flexibility index (Phi) is 1.13. The van der Waals surface area contributed by atoms with Gasteiger partial charge in [-0.3, -0.25) is 0 Å². The van der Waals surface area contributed by atoms with Gasteiger partial charge < -0.3 is 0 Å². The highest BCUT2D eigenvalue weighted by Crippen LogP contribution is 2.22. The van der Waals surface area contributed by atoms with Crippen LogP contribution in [0.2, 0.25) is 0 Å². The normalized spacial score (nSPS) is 19.6. The molecule has 0 spiro atoms. The van der Waals surface area contributed by atoms with Gasteiger partial charge in [0.05, 0.1) is 0 Å². The van der Waals surface area contributed by atoms with Gasteiger partial charge >= 0.3 is 0 Å². The van der Waals surface area contributed by atoms with Gasteiger partial charge in [-0.05, 0) is 6.58 Å². The predicted molar refractivity (Wildman–Crippen MR) is 39.7 cm³/mol. The van der Waals surface area contributed by atoms with Crippen LogP contribution < -0.4 is 0 Å². The van der Waals surface area contributed by atoms with Crippen molar-refractivity contribution in [1.29, 1.82) is 0 Å². The molecule has 46 valence electrons. The lowest BCUT2D eigenvalue weighted by Crippen LogP contribution is -1.98. The van der Waals surface area contributed by atoms with E-state index in [9.17, 15) is 0 Å². The van der Waals surface area contributed by atoms with E-state index in [0.29, 0.717) is 0 Å². The quantitative estimate of drug-likeness (QED) is 0.424.